The van der Waals surface area contributed by atoms with Crippen LogP contribution in [0.2, 0.25) is 5.15 Å². The Morgan fingerprint density at radius 3 is 2.62 bits per heavy atom. The minimum Gasteiger partial charge on any atom is -0.496 e. The van der Waals surface area contributed by atoms with Gasteiger partial charge in [0.25, 0.3) is 0 Å². The second-order valence-corrected chi connectivity index (χ2v) is 5.51. The average Bonchev–Trinajstić information content (AvgIpc) is 2.74. The van der Waals surface area contributed by atoms with E-state index in [0.29, 0.717) is 27.7 Å². The largest absolute Gasteiger partial charge is 0.496 e. The summed E-state index contributed by atoms with van der Waals surface area (Å²) in [5.74, 6) is 0.0300. The molecule has 0 fully saturated rings. The second kappa shape index (κ2) is 6.03. The highest BCUT2D eigenvalue weighted by atomic mass is 35.5. The topological polar surface area (TPSA) is 47.3 Å². The van der Waals surface area contributed by atoms with Crippen molar-refractivity contribution in [1.29, 1.82) is 0 Å². The van der Waals surface area contributed by atoms with Gasteiger partial charge in [-0.1, -0.05) is 25.4 Å². The fourth-order valence-corrected chi connectivity index (χ4v) is 2.53. The number of halogens is 2. The van der Waals surface area contributed by atoms with E-state index >= 15 is 0 Å². The smallest absolute Gasteiger partial charge is 0.133 e. The third-order valence-electron chi connectivity index (χ3n) is 3.35. The monoisotopic (exact) mass is 312 g/mol. The van der Waals surface area contributed by atoms with Crippen molar-refractivity contribution in [2.75, 3.05) is 7.11 Å². The number of methoxy groups -OCH3 is 1. The van der Waals surface area contributed by atoms with Gasteiger partial charge in [0.2, 0.25) is 0 Å². The normalized spacial score (nSPS) is 12.8. The summed E-state index contributed by atoms with van der Waals surface area (Å²) in [7, 11) is 3.17. The summed E-state index contributed by atoms with van der Waals surface area (Å²) in [6.07, 6.45) is -1.10. The molecule has 1 N–H and O–H groups in total. The van der Waals surface area contributed by atoms with Crippen LogP contribution in [0.25, 0.3) is 0 Å². The van der Waals surface area contributed by atoms with E-state index in [2.05, 4.69) is 5.10 Å². The number of aromatic nitrogens is 2. The van der Waals surface area contributed by atoms with Crippen molar-refractivity contribution in [1.82, 2.24) is 9.78 Å². The zero-order chi connectivity index (χ0) is 15.7. The average molecular weight is 313 g/mol. The van der Waals surface area contributed by atoms with Crippen LogP contribution >= 0.6 is 11.6 Å². The molecule has 21 heavy (non-hydrogen) atoms. The van der Waals surface area contributed by atoms with Crippen LogP contribution in [0.1, 0.15) is 42.7 Å². The van der Waals surface area contributed by atoms with E-state index in [1.165, 1.54) is 30.0 Å². The molecular formula is C15H18ClFN2O2. The lowest BCUT2D eigenvalue weighted by Crippen LogP contribution is -2.06. The van der Waals surface area contributed by atoms with E-state index in [0.717, 1.165) is 0 Å². The first-order valence-electron chi connectivity index (χ1n) is 6.60. The maximum absolute atomic E-state index is 13.5. The predicted molar refractivity (Wildman–Crippen MR) is 79.3 cm³/mol. The van der Waals surface area contributed by atoms with Crippen LogP contribution in [0.15, 0.2) is 18.2 Å². The Morgan fingerprint density at radius 2 is 2.05 bits per heavy atom. The quantitative estimate of drug-likeness (QED) is 0.941. The highest BCUT2D eigenvalue weighted by Crippen LogP contribution is 2.37. The first kappa shape index (κ1) is 15.8. The van der Waals surface area contributed by atoms with E-state index in [4.69, 9.17) is 16.3 Å². The molecule has 0 bridgehead atoms. The van der Waals surface area contributed by atoms with E-state index < -0.39 is 11.9 Å². The van der Waals surface area contributed by atoms with Crippen molar-refractivity contribution in [3.05, 3.63) is 46.0 Å². The van der Waals surface area contributed by atoms with E-state index in [1.807, 2.05) is 13.8 Å². The summed E-state index contributed by atoms with van der Waals surface area (Å²) in [4.78, 5) is 0. The van der Waals surface area contributed by atoms with Gasteiger partial charge in [0, 0.05) is 18.2 Å². The summed E-state index contributed by atoms with van der Waals surface area (Å²) in [5.41, 5.74) is 1.49. The Morgan fingerprint density at radius 1 is 1.38 bits per heavy atom. The molecule has 6 heteroatoms. The lowest BCUT2D eigenvalue weighted by atomic mass is 9.96. The minimum atomic E-state index is -1.10. The fraction of sp³-hybridized carbons (Fsp3) is 0.400. The van der Waals surface area contributed by atoms with Gasteiger partial charge in [-0.2, -0.15) is 5.10 Å². The molecule has 0 aliphatic rings. The third kappa shape index (κ3) is 2.89. The van der Waals surface area contributed by atoms with Gasteiger partial charge in [-0.25, -0.2) is 4.39 Å². The molecule has 114 valence electrons. The van der Waals surface area contributed by atoms with Crippen molar-refractivity contribution < 1.29 is 14.2 Å². The van der Waals surface area contributed by atoms with Crippen molar-refractivity contribution in [2.45, 2.75) is 25.9 Å². The van der Waals surface area contributed by atoms with Crippen LogP contribution < -0.4 is 4.74 Å². The molecule has 0 radical (unpaired) electrons. The predicted octanol–water partition coefficient (Wildman–Crippen LogP) is 3.43. The molecule has 0 spiro atoms. The zero-order valence-electron chi connectivity index (χ0n) is 12.4. The molecule has 0 aliphatic carbocycles. The molecule has 0 saturated heterocycles. The minimum absolute atomic E-state index is 0.0768. The highest BCUT2D eigenvalue weighted by Gasteiger charge is 2.27. The number of hydrogen-bond acceptors (Lipinski definition) is 3. The number of nitrogens with zero attached hydrogens (tertiary/aromatic N) is 2. The Balaban J connectivity index is 2.60. The second-order valence-electron chi connectivity index (χ2n) is 5.16. The van der Waals surface area contributed by atoms with E-state index in [1.54, 1.807) is 7.05 Å². The standard InChI is InChI=1S/C15H18ClFN2O2/c1-8(2)13-12(15(16)19(3)18-13)14(20)10-7-9(17)5-6-11(10)21-4/h5-8,14,20H,1-4H3. The van der Waals surface area contributed by atoms with Crippen LogP contribution in [-0.4, -0.2) is 22.0 Å². The summed E-state index contributed by atoms with van der Waals surface area (Å²) >= 11 is 6.24. The Bertz CT molecular complexity index is 655. The first-order valence-corrected chi connectivity index (χ1v) is 6.98. The lowest BCUT2D eigenvalue weighted by Gasteiger charge is -2.16. The van der Waals surface area contributed by atoms with E-state index in [9.17, 15) is 9.50 Å². The SMILES string of the molecule is COc1ccc(F)cc1C(O)c1c(C(C)C)nn(C)c1Cl. The number of rotatable bonds is 4. The molecule has 0 amide bonds. The van der Waals surface area contributed by atoms with Crippen LogP contribution in [0, 0.1) is 5.82 Å². The van der Waals surface area contributed by atoms with Crippen LogP contribution in [-0.2, 0) is 7.05 Å². The molecule has 0 saturated carbocycles. The molecule has 2 rings (SSSR count). The lowest BCUT2D eigenvalue weighted by molar-refractivity contribution is 0.212. The van der Waals surface area contributed by atoms with Crippen molar-refractivity contribution >= 4 is 11.6 Å². The Labute approximate surface area is 128 Å². The van der Waals surface area contributed by atoms with Gasteiger partial charge >= 0.3 is 0 Å². The number of benzene rings is 1. The molecule has 1 aromatic heterocycles. The number of aryl methyl sites for hydroxylation is 1. The molecule has 1 heterocycles. The molecule has 1 aromatic carbocycles. The Hall–Kier alpha value is -1.59. The fourth-order valence-electron chi connectivity index (χ4n) is 2.29. The van der Waals surface area contributed by atoms with Gasteiger partial charge in [-0.15, -0.1) is 0 Å². The molecule has 2 aromatic rings. The third-order valence-corrected chi connectivity index (χ3v) is 3.79. The maximum Gasteiger partial charge on any atom is 0.133 e. The number of ether oxygens (including phenoxy) is 1. The number of hydrogen-bond donors (Lipinski definition) is 1. The van der Waals surface area contributed by atoms with Gasteiger partial charge in [0.05, 0.1) is 12.8 Å². The van der Waals surface area contributed by atoms with Gasteiger partial charge in [-0.3, -0.25) is 4.68 Å². The summed E-state index contributed by atoms with van der Waals surface area (Å²) < 4.78 is 20.2. The van der Waals surface area contributed by atoms with Gasteiger partial charge in [0.15, 0.2) is 0 Å². The molecular weight excluding hydrogens is 295 g/mol. The van der Waals surface area contributed by atoms with Gasteiger partial charge in [0.1, 0.15) is 22.8 Å². The van der Waals surface area contributed by atoms with Crippen LogP contribution in [0.5, 0.6) is 5.75 Å². The van der Waals surface area contributed by atoms with Crippen molar-refractivity contribution in [3.63, 3.8) is 0 Å². The van der Waals surface area contributed by atoms with E-state index in [-0.39, 0.29) is 5.92 Å². The van der Waals surface area contributed by atoms with Crippen LogP contribution in [0.3, 0.4) is 0 Å². The molecule has 0 aliphatic heterocycles. The van der Waals surface area contributed by atoms with Crippen molar-refractivity contribution in [2.24, 2.45) is 7.05 Å². The van der Waals surface area contributed by atoms with Crippen molar-refractivity contribution in [3.8, 4) is 5.75 Å². The van der Waals surface area contributed by atoms with Gasteiger partial charge < -0.3 is 9.84 Å². The summed E-state index contributed by atoms with van der Waals surface area (Å²) in [5, 5.41) is 15.3. The van der Waals surface area contributed by atoms with Gasteiger partial charge in [-0.05, 0) is 24.1 Å². The first-order chi connectivity index (χ1) is 9.86. The van der Waals surface area contributed by atoms with Crippen LogP contribution in [0.4, 0.5) is 4.39 Å². The molecule has 1 unspecified atom stereocenters. The number of aliphatic hydroxyl groups is 1. The Kier molecular flexibility index (Phi) is 4.54. The molecule has 4 nitrogen and oxygen atoms in total. The summed E-state index contributed by atoms with van der Waals surface area (Å²) in [6.45, 7) is 3.91. The zero-order valence-corrected chi connectivity index (χ0v) is 13.1. The maximum atomic E-state index is 13.5. The number of aliphatic hydroxyl groups excluding tert-OH is 1. The highest BCUT2D eigenvalue weighted by molar-refractivity contribution is 6.30. The molecule has 1 atom stereocenters. The summed E-state index contributed by atoms with van der Waals surface area (Å²) in [6, 6.07) is 4.01.